The maximum absolute atomic E-state index is 9.18. The molecule has 2 heteroatoms. The fraction of sp³-hybridized carbons (Fsp3) is 0.500. The number of ether oxygens (including phenoxy) is 1. The molecular formula is C12H16O2. The van der Waals surface area contributed by atoms with Gasteiger partial charge in [-0.1, -0.05) is 12.1 Å². The second-order valence-corrected chi connectivity index (χ2v) is 3.93. The number of aliphatic hydroxyl groups is 1. The predicted molar refractivity (Wildman–Crippen MR) is 55.6 cm³/mol. The monoisotopic (exact) mass is 192 g/mol. The Hall–Kier alpha value is -1.02. The van der Waals surface area contributed by atoms with Gasteiger partial charge in [-0.15, -0.1) is 0 Å². The van der Waals surface area contributed by atoms with Gasteiger partial charge < -0.3 is 9.84 Å². The normalized spacial score (nSPS) is 16.1. The van der Waals surface area contributed by atoms with E-state index in [0.717, 1.165) is 31.6 Å². The van der Waals surface area contributed by atoms with Gasteiger partial charge in [-0.3, -0.25) is 0 Å². The van der Waals surface area contributed by atoms with Gasteiger partial charge in [0.05, 0.1) is 12.7 Å². The summed E-state index contributed by atoms with van der Waals surface area (Å²) in [6.07, 6.45) is 2.60. The SMILES string of the molecule is CC(O)CCc1ccc2c(c1)CCO2. The lowest BCUT2D eigenvalue weighted by Gasteiger charge is -2.05. The molecule has 0 bridgehead atoms. The number of benzene rings is 1. The van der Waals surface area contributed by atoms with Crippen LogP contribution in [0.2, 0.25) is 0 Å². The second kappa shape index (κ2) is 4.01. The standard InChI is InChI=1S/C12H16O2/c1-9(13)2-3-10-4-5-12-11(8-10)6-7-14-12/h4-5,8-9,13H,2-3,6-7H2,1H3. The Bertz CT molecular complexity index is 318. The Labute approximate surface area is 84.5 Å². The highest BCUT2D eigenvalue weighted by Crippen LogP contribution is 2.26. The summed E-state index contributed by atoms with van der Waals surface area (Å²) in [5.74, 6) is 1.03. The van der Waals surface area contributed by atoms with Crippen LogP contribution in [0, 0.1) is 0 Å². The predicted octanol–water partition coefficient (Wildman–Crippen LogP) is 1.93. The van der Waals surface area contributed by atoms with E-state index in [9.17, 15) is 5.11 Å². The lowest BCUT2D eigenvalue weighted by molar-refractivity contribution is 0.185. The molecule has 1 N–H and O–H groups in total. The molecule has 1 unspecified atom stereocenters. The van der Waals surface area contributed by atoms with E-state index < -0.39 is 0 Å². The van der Waals surface area contributed by atoms with Crippen molar-refractivity contribution < 1.29 is 9.84 Å². The number of hydrogen-bond acceptors (Lipinski definition) is 2. The summed E-state index contributed by atoms with van der Waals surface area (Å²) >= 11 is 0. The molecule has 76 valence electrons. The van der Waals surface area contributed by atoms with E-state index in [1.165, 1.54) is 11.1 Å². The number of hydrogen-bond donors (Lipinski definition) is 1. The fourth-order valence-corrected chi connectivity index (χ4v) is 1.77. The van der Waals surface area contributed by atoms with Crippen molar-refractivity contribution in [3.05, 3.63) is 29.3 Å². The molecule has 0 aromatic heterocycles. The van der Waals surface area contributed by atoms with Crippen molar-refractivity contribution in [2.45, 2.75) is 32.3 Å². The van der Waals surface area contributed by atoms with Gasteiger partial charge in [-0.25, -0.2) is 0 Å². The highest BCUT2D eigenvalue weighted by molar-refractivity contribution is 5.39. The summed E-state index contributed by atoms with van der Waals surface area (Å²) in [5, 5.41) is 9.18. The third kappa shape index (κ3) is 2.07. The van der Waals surface area contributed by atoms with Crippen molar-refractivity contribution in [2.75, 3.05) is 6.61 Å². The molecular weight excluding hydrogens is 176 g/mol. The first kappa shape index (κ1) is 9.53. The zero-order valence-corrected chi connectivity index (χ0v) is 8.49. The first-order valence-electron chi connectivity index (χ1n) is 5.18. The average molecular weight is 192 g/mol. The van der Waals surface area contributed by atoms with Crippen LogP contribution in [0.1, 0.15) is 24.5 Å². The molecule has 0 saturated heterocycles. The van der Waals surface area contributed by atoms with Gasteiger partial charge in [0.1, 0.15) is 5.75 Å². The highest BCUT2D eigenvalue weighted by Gasteiger charge is 2.11. The van der Waals surface area contributed by atoms with Crippen LogP contribution >= 0.6 is 0 Å². The van der Waals surface area contributed by atoms with Crippen LogP contribution in [0.4, 0.5) is 0 Å². The van der Waals surface area contributed by atoms with Gasteiger partial charge >= 0.3 is 0 Å². The van der Waals surface area contributed by atoms with E-state index in [-0.39, 0.29) is 6.10 Å². The molecule has 0 radical (unpaired) electrons. The Morgan fingerprint density at radius 1 is 1.50 bits per heavy atom. The van der Waals surface area contributed by atoms with Crippen LogP contribution in [0.25, 0.3) is 0 Å². The first-order valence-corrected chi connectivity index (χ1v) is 5.18. The summed E-state index contributed by atoms with van der Waals surface area (Å²) in [7, 11) is 0. The third-order valence-corrected chi connectivity index (χ3v) is 2.60. The number of aryl methyl sites for hydroxylation is 1. The summed E-state index contributed by atoms with van der Waals surface area (Å²) in [6, 6.07) is 6.33. The van der Waals surface area contributed by atoms with Crippen LogP contribution < -0.4 is 4.74 Å². The fourth-order valence-electron chi connectivity index (χ4n) is 1.77. The summed E-state index contributed by atoms with van der Waals surface area (Å²) in [5.41, 5.74) is 2.61. The van der Waals surface area contributed by atoms with Gasteiger partial charge in [-0.05, 0) is 37.0 Å². The van der Waals surface area contributed by atoms with E-state index in [1.807, 2.05) is 13.0 Å². The molecule has 0 spiro atoms. The minimum absolute atomic E-state index is 0.209. The van der Waals surface area contributed by atoms with E-state index in [2.05, 4.69) is 12.1 Å². The Morgan fingerprint density at radius 2 is 2.36 bits per heavy atom. The molecule has 1 aliphatic heterocycles. The molecule has 2 nitrogen and oxygen atoms in total. The van der Waals surface area contributed by atoms with Crippen molar-refractivity contribution in [3.8, 4) is 5.75 Å². The highest BCUT2D eigenvalue weighted by atomic mass is 16.5. The van der Waals surface area contributed by atoms with Crippen LogP contribution in [0.3, 0.4) is 0 Å². The Kier molecular flexibility index (Phi) is 2.73. The first-order chi connectivity index (χ1) is 6.75. The molecule has 1 aromatic rings. The third-order valence-electron chi connectivity index (χ3n) is 2.60. The van der Waals surface area contributed by atoms with Gasteiger partial charge in [0.25, 0.3) is 0 Å². The van der Waals surface area contributed by atoms with E-state index >= 15 is 0 Å². The van der Waals surface area contributed by atoms with Crippen LogP contribution in [-0.2, 0) is 12.8 Å². The van der Waals surface area contributed by atoms with Crippen molar-refractivity contribution in [3.63, 3.8) is 0 Å². The Balaban J connectivity index is 2.05. The number of aliphatic hydroxyl groups excluding tert-OH is 1. The largest absolute Gasteiger partial charge is 0.493 e. The molecule has 2 rings (SSSR count). The van der Waals surface area contributed by atoms with Gasteiger partial charge in [0, 0.05) is 6.42 Å². The second-order valence-electron chi connectivity index (χ2n) is 3.93. The van der Waals surface area contributed by atoms with Crippen molar-refractivity contribution in [1.29, 1.82) is 0 Å². The average Bonchev–Trinajstić information content (AvgIpc) is 2.61. The van der Waals surface area contributed by atoms with E-state index in [1.54, 1.807) is 0 Å². The molecule has 0 amide bonds. The molecule has 0 saturated carbocycles. The molecule has 1 aliphatic rings. The maximum Gasteiger partial charge on any atom is 0.122 e. The molecule has 14 heavy (non-hydrogen) atoms. The lowest BCUT2D eigenvalue weighted by Crippen LogP contribution is -2.01. The zero-order chi connectivity index (χ0) is 9.97. The number of rotatable bonds is 3. The Morgan fingerprint density at radius 3 is 3.14 bits per heavy atom. The van der Waals surface area contributed by atoms with E-state index in [0.29, 0.717) is 0 Å². The van der Waals surface area contributed by atoms with Gasteiger partial charge in [0.2, 0.25) is 0 Å². The lowest BCUT2D eigenvalue weighted by atomic mass is 10.0. The molecule has 1 heterocycles. The van der Waals surface area contributed by atoms with Crippen LogP contribution in [0.15, 0.2) is 18.2 Å². The topological polar surface area (TPSA) is 29.5 Å². The van der Waals surface area contributed by atoms with Crippen LogP contribution in [0.5, 0.6) is 5.75 Å². The summed E-state index contributed by atoms with van der Waals surface area (Å²) in [4.78, 5) is 0. The smallest absolute Gasteiger partial charge is 0.122 e. The summed E-state index contributed by atoms with van der Waals surface area (Å²) < 4.78 is 5.43. The van der Waals surface area contributed by atoms with Crippen molar-refractivity contribution in [1.82, 2.24) is 0 Å². The van der Waals surface area contributed by atoms with Crippen LogP contribution in [-0.4, -0.2) is 17.8 Å². The minimum atomic E-state index is -0.209. The quantitative estimate of drug-likeness (QED) is 0.793. The molecule has 0 aliphatic carbocycles. The van der Waals surface area contributed by atoms with Crippen molar-refractivity contribution in [2.24, 2.45) is 0 Å². The number of fused-ring (bicyclic) bond motifs is 1. The van der Waals surface area contributed by atoms with E-state index in [4.69, 9.17) is 4.74 Å². The van der Waals surface area contributed by atoms with Crippen molar-refractivity contribution >= 4 is 0 Å². The molecule has 0 fully saturated rings. The maximum atomic E-state index is 9.18. The molecule has 1 aromatic carbocycles. The van der Waals surface area contributed by atoms with Gasteiger partial charge in [-0.2, -0.15) is 0 Å². The molecule has 1 atom stereocenters. The van der Waals surface area contributed by atoms with Gasteiger partial charge in [0.15, 0.2) is 0 Å². The summed E-state index contributed by atoms with van der Waals surface area (Å²) in [6.45, 7) is 2.64. The minimum Gasteiger partial charge on any atom is -0.493 e. The zero-order valence-electron chi connectivity index (χ0n) is 8.49.